The van der Waals surface area contributed by atoms with Gasteiger partial charge in [-0.1, -0.05) is 36.4 Å². The van der Waals surface area contributed by atoms with E-state index in [0.29, 0.717) is 0 Å². The molecule has 3 aromatic carbocycles. The van der Waals surface area contributed by atoms with Crippen LogP contribution in [0.3, 0.4) is 0 Å². The molecule has 5 rings (SSSR count). The first kappa shape index (κ1) is 16.6. The minimum atomic E-state index is -0.164. The third-order valence-corrected chi connectivity index (χ3v) is 5.54. The minimum absolute atomic E-state index is 0.0266. The Morgan fingerprint density at radius 3 is 2.36 bits per heavy atom. The van der Waals surface area contributed by atoms with Crippen molar-refractivity contribution in [3.8, 4) is 5.75 Å². The van der Waals surface area contributed by atoms with Gasteiger partial charge in [0.2, 0.25) is 0 Å². The molecule has 0 radical (unpaired) electrons. The Labute approximate surface area is 163 Å². The standard InChI is InChI=1S/C24H20N2O2/c1-25-15-21(18-7-5-6-10-22(18)25)23-19-8-3-4-9-20(19)24(27)26(23)16-11-13-17(28-2)14-12-16/h3-15,23H,1-2H3. The van der Waals surface area contributed by atoms with Crippen LogP contribution in [0.4, 0.5) is 5.69 Å². The fourth-order valence-electron chi connectivity index (χ4n) is 4.22. The van der Waals surface area contributed by atoms with Crippen molar-refractivity contribution in [3.63, 3.8) is 0 Å². The van der Waals surface area contributed by atoms with E-state index in [4.69, 9.17) is 4.74 Å². The van der Waals surface area contributed by atoms with Crippen LogP contribution in [-0.4, -0.2) is 17.6 Å². The maximum Gasteiger partial charge on any atom is 0.259 e. The van der Waals surface area contributed by atoms with Gasteiger partial charge in [-0.15, -0.1) is 0 Å². The lowest BCUT2D eigenvalue weighted by atomic mass is 9.97. The molecule has 1 aromatic heterocycles. The molecule has 1 atom stereocenters. The largest absolute Gasteiger partial charge is 0.497 e. The predicted octanol–water partition coefficient (Wildman–Crippen LogP) is 4.94. The number of rotatable bonds is 3. The molecule has 4 heteroatoms. The van der Waals surface area contributed by atoms with Crippen LogP contribution in [0.5, 0.6) is 5.75 Å². The van der Waals surface area contributed by atoms with Gasteiger partial charge in [0.25, 0.3) is 5.91 Å². The number of carbonyl (C=O) groups is 1. The molecule has 0 aliphatic carbocycles. The minimum Gasteiger partial charge on any atom is -0.497 e. The Kier molecular flexibility index (Phi) is 3.72. The van der Waals surface area contributed by atoms with Crippen LogP contribution in [-0.2, 0) is 7.05 Å². The van der Waals surface area contributed by atoms with E-state index in [1.165, 1.54) is 0 Å². The molecule has 0 saturated heterocycles. The first-order valence-corrected chi connectivity index (χ1v) is 9.29. The molecular formula is C24H20N2O2. The number of nitrogens with zero attached hydrogens (tertiary/aromatic N) is 2. The van der Waals surface area contributed by atoms with E-state index < -0.39 is 0 Å². The maximum atomic E-state index is 13.4. The molecule has 28 heavy (non-hydrogen) atoms. The number of ether oxygens (including phenoxy) is 1. The smallest absolute Gasteiger partial charge is 0.259 e. The van der Waals surface area contributed by atoms with Gasteiger partial charge in [0, 0.05) is 41.0 Å². The summed E-state index contributed by atoms with van der Waals surface area (Å²) in [6.45, 7) is 0. The van der Waals surface area contributed by atoms with E-state index in [9.17, 15) is 4.79 Å². The number of hydrogen-bond acceptors (Lipinski definition) is 2. The number of hydrogen-bond donors (Lipinski definition) is 0. The summed E-state index contributed by atoms with van der Waals surface area (Å²) in [6, 6.07) is 23.7. The van der Waals surface area contributed by atoms with Gasteiger partial charge in [-0.05, 0) is 42.0 Å². The van der Waals surface area contributed by atoms with Gasteiger partial charge < -0.3 is 9.30 Å². The fourth-order valence-corrected chi connectivity index (χ4v) is 4.22. The third-order valence-electron chi connectivity index (χ3n) is 5.54. The number of aryl methyl sites for hydroxylation is 1. The highest BCUT2D eigenvalue weighted by Gasteiger charge is 2.39. The highest BCUT2D eigenvalue weighted by molar-refractivity contribution is 6.12. The van der Waals surface area contributed by atoms with Crippen molar-refractivity contribution < 1.29 is 9.53 Å². The zero-order valence-corrected chi connectivity index (χ0v) is 15.8. The summed E-state index contributed by atoms with van der Waals surface area (Å²) in [7, 11) is 3.69. The van der Waals surface area contributed by atoms with E-state index in [1.54, 1.807) is 7.11 Å². The van der Waals surface area contributed by atoms with E-state index in [0.717, 1.165) is 39.0 Å². The lowest BCUT2D eigenvalue weighted by Crippen LogP contribution is -2.28. The predicted molar refractivity (Wildman–Crippen MR) is 111 cm³/mol. The Morgan fingerprint density at radius 2 is 1.57 bits per heavy atom. The average Bonchev–Trinajstić information content (AvgIpc) is 3.23. The molecule has 4 nitrogen and oxygen atoms in total. The second kappa shape index (κ2) is 6.27. The Morgan fingerprint density at radius 1 is 0.857 bits per heavy atom. The summed E-state index contributed by atoms with van der Waals surface area (Å²) in [5.74, 6) is 0.799. The van der Waals surface area contributed by atoms with Crippen molar-refractivity contribution in [3.05, 3.63) is 95.7 Å². The molecule has 1 amide bonds. The molecule has 1 unspecified atom stereocenters. The maximum absolute atomic E-state index is 13.4. The SMILES string of the molecule is COc1ccc(N2C(=O)c3ccccc3C2c2cn(C)c3ccccc23)cc1. The highest BCUT2D eigenvalue weighted by Crippen LogP contribution is 2.44. The van der Waals surface area contributed by atoms with Gasteiger partial charge in [-0.2, -0.15) is 0 Å². The number of amides is 1. The first-order chi connectivity index (χ1) is 13.7. The molecule has 0 fully saturated rings. The molecule has 0 spiro atoms. The number of anilines is 1. The van der Waals surface area contributed by atoms with Crippen LogP contribution >= 0.6 is 0 Å². The molecule has 0 N–H and O–H groups in total. The quantitative estimate of drug-likeness (QED) is 0.513. The number of methoxy groups -OCH3 is 1. The van der Waals surface area contributed by atoms with Crippen LogP contribution < -0.4 is 9.64 Å². The normalized spacial score (nSPS) is 15.9. The van der Waals surface area contributed by atoms with Crippen molar-refractivity contribution >= 4 is 22.5 Å². The monoisotopic (exact) mass is 368 g/mol. The summed E-state index contributed by atoms with van der Waals surface area (Å²) in [5, 5.41) is 1.16. The summed E-state index contributed by atoms with van der Waals surface area (Å²) >= 11 is 0. The van der Waals surface area contributed by atoms with Gasteiger partial charge in [0.15, 0.2) is 0 Å². The third kappa shape index (κ3) is 2.34. The second-order valence-corrected chi connectivity index (χ2v) is 7.08. The van der Waals surface area contributed by atoms with Gasteiger partial charge in [-0.3, -0.25) is 9.69 Å². The topological polar surface area (TPSA) is 34.5 Å². The van der Waals surface area contributed by atoms with Gasteiger partial charge >= 0.3 is 0 Å². The summed E-state index contributed by atoms with van der Waals surface area (Å²) in [4.78, 5) is 15.3. The Bertz CT molecular complexity index is 1190. The van der Waals surface area contributed by atoms with Crippen molar-refractivity contribution in [2.75, 3.05) is 12.0 Å². The zero-order chi connectivity index (χ0) is 19.3. The molecule has 0 saturated carbocycles. The van der Waals surface area contributed by atoms with Crippen LogP contribution in [0.1, 0.15) is 27.5 Å². The van der Waals surface area contributed by atoms with Gasteiger partial charge in [-0.25, -0.2) is 0 Å². The molecule has 1 aliphatic heterocycles. The molecular weight excluding hydrogens is 348 g/mol. The molecule has 138 valence electrons. The summed E-state index contributed by atoms with van der Waals surface area (Å²) in [6.07, 6.45) is 2.14. The van der Waals surface area contributed by atoms with E-state index >= 15 is 0 Å². The van der Waals surface area contributed by atoms with Crippen molar-refractivity contribution in [1.82, 2.24) is 4.57 Å². The van der Waals surface area contributed by atoms with Crippen LogP contribution in [0.15, 0.2) is 79.0 Å². The number of aromatic nitrogens is 1. The van der Waals surface area contributed by atoms with Crippen LogP contribution in [0.2, 0.25) is 0 Å². The highest BCUT2D eigenvalue weighted by atomic mass is 16.5. The average molecular weight is 368 g/mol. The Balaban J connectivity index is 1.74. The molecule has 1 aliphatic rings. The summed E-state index contributed by atoms with van der Waals surface area (Å²) < 4.78 is 7.41. The zero-order valence-electron chi connectivity index (χ0n) is 15.8. The fraction of sp³-hybridized carbons (Fsp3) is 0.125. The van der Waals surface area contributed by atoms with E-state index in [-0.39, 0.29) is 11.9 Å². The van der Waals surface area contributed by atoms with Crippen LogP contribution in [0.25, 0.3) is 10.9 Å². The number of fused-ring (bicyclic) bond motifs is 2. The number of para-hydroxylation sites is 1. The Hall–Kier alpha value is -3.53. The number of benzene rings is 3. The van der Waals surface area contributed by atoms with Gasteiger partial charge in [0.1, 0.15) is 5.75 Å². The lowest BCUT2D eigenvalue weighted by molar-refractivity contribution is 0.0993. The van der Waals surface area contributed by atoms with Gasteiger partial charge in [0.05, 0.1) is 13.2 Å². The van der Waals surface area contributed by atoms with Crippen molar-refractivity contribution in [2.24, 2.45) is 7.05 Å². The molecule has 4 aromatic rings. The van der Waals surface area contributed by atoms with E-state index in [1.807, 2.05) is 66.5 Å². The number of carbonyl (C=O) groups excluding carboxylic acids is 1. The second-order valence-electron chi connectivity index (χ2n) is 7.08. The first-order valence-electron chi connectivity index (χ1n) is 9.29. The lowest BCUT2D eigenvalue weighted by Gasteiger charge is -2.25. The molecule has 2 heterocycles. The van der Waals surface area contributed by atoms with Crippen molar-refractivity contribution in [1.29, 1.82) is 0 Å². The van der Waals surface area contributed by atoms with E-state index in [2.05, 4.69) is 29.0 Å². The van der Waals surface area contributed by atoms with Crippen molar-refractivity contribution in [2.45, 2.75) is 6.04 Å². The summed E-state index contributed by atoms with van der Waals surface area (Å²) in [5.41, 5.74) is 4.95. The molecule has 0 bridgehead atoms. The van der Waals surface area contributed by atoms with Crippen LogP contribution in [0, 0.1) is 0 Å².